The summed E-state index contributed by atoms with van der Waals surface area (Å²) in [4.78, 5) is 27.6. The third-order valence-electron chi connectivity index (χ3n) is 5.74. The second kappa shape index (κ2) is 8.56. The summed E-state index contributed by atoms with van der Waals surface area (Å²) in [5.74, 6) is 1.06. The molecular formula is C21H30N2O3. The molecule has 0 unspecified atom stereocenters. The molecule has 0 bridgehead atoms. The first-order valence-corrected chi connectivity index (χ1v) is 9.84. The Kier molecular flexibility index (Phi) is 6.17. The van der Waals surface area contributed by atoms with Crippen LogP contribution < -0.4 is 10.1 Å². The van der Waals surface area contributed by atoms with Crippen LogP contribution in [0.4, 0.5) is 0 Å². The fourth-order valence-electron chi connectivity index (χ4n) is 4.27. The van der Waals surface area contributed by atoms with Gasteiger partial charge in [0, 0.05) is 31.5 Å². The van der Waals surface area contributed by atoms with Gasteiger partial charge >= 0.3 is 0 Å². The number of methoxy groups -OCH3 is 1. The Morgan fingerprint density at radius 1 is 1.23 bits per heavy atom. The Hall–Kier alpha value is -2.04. The quantitative estimate of drug-likeness (QED) is 0.850. The van der Waals surface area contributed by atoms with Crippen molar-refractivity contribution in [3.63, 3.8) is 0 Å². The molecule has 2 aliphatic rings. The molecule has 2 amide bonds. The lowest BCUT2D eigenvalue weighted by atomic mass is 9.88. The Morgan fingerprint density at radius 2 is 2.00 bits per heavy atom. The van der Waals surface area contributed by atoms with Gasteiger partial charge in [0.25, 0.3) is 0 Å². The third kappa shape index (κ3) is 4.02. The Morgan fingerprint density at radius 3 is 2.69 bits per heavy atom. The fraction of sp³-hybridized carbons (Fsp3) is 0.619. The minimum absolute atomic E-state index is 0.0207. The van der Waals surface area contributed by atoms with Gasteiger partial charge in [0.15, 0.2) is 0 Å². The molecule has 0 radical (unpaired) electrons. The van der Waals surface area contributed by atoms with E-state index in [1.165, 1.54) is 0 Å². The lowest BCUT2D eigenvalue weighted by Gasteiger charge is -2.20. The molecule has 0 aromatic heterocycles. The lowest BCUT2D eigenvalue weighted by Crippen LogP contribution is -2.37. The van der Waals surface area contributed by atoms with Crippen molar-refractivity contribution in [2.45, 2.75) is 44.9 Å². The van der Waals surface area contributed by atoms with Crippen LogP contribution in [0.1, 0.15) is 50.5 Å². The van der Waals surface area contributed by atoms with Gasteiger partial charge in [-0.15, -0.1) is 0 Å². The van der Waals surface area contributed by atoms with Gasteiger partial charge in [0.05, 0.1) is 13.0 Å². The summed E-state index contributed by atoms with van der Waals surface area (Å²) in [7, 11) is 1.65. The maximum atomic E-state index is 12.9. The Balaban J connectivity index is 1.80. The largest absolute Gasteiger partial charge is 0.497 e. The van der Waals surface area contributed by atoms with Crippen LogP contribution in [0.5, 0.6) is 5.75 Å². The highest BCUT2D eigenvalue weighted by molar-refractivity contribution is 5.84. The standard InChI is InChI=1S/C21H30N2O3/c1-3-11-22-20(24)19-14-23(21(25)15-7-4-5-8-15)13-18(19)16-9-6-10-17(12-16)26-2/h6,9-10,12,15,18-19H,3-5,7-8,11,13-14H2,1-2H3,(H,22,24)/t18-,19+/m1/s1. The van der Waals surface area contributed by atoms with Gasteiger partial charge in [-0.25, -0.2) is 0 Å². The van der Waals surface area contributed by atoms with Crippen molar-refractivity contribution < 1.29 is 14.3 Å². The van der Waals surface area contributed by atoms with Gasteiger partial charge in [-0.2, -0.15) is 0 Å². The van der Waals surface area contributed by atoms with E-state index in [1.807, 2.05) is 36.1 Å². The van der Waals surface area contributed by atoms with E-state index in [2.05, 4.69) is 5.32 Å². The van der Waals surface area contributed by atoms with Crippen LogP contribution in [0.3, 0.4) is 0 Å². The average molecular weight is 358 g/mol. The highest BCUT2D eigenvalue weighted by atomic mass is 16.5. The second-order valence-corrected chi connectivity index (χ2v) is 7.51. The molecule has 5 nitrogen and oxygen atoms in total. The minimum atomic E-state index is -0.195. The molecule has 1 saturated carbocycles. The topological polar surface area (TPSA) is 58.6 Å². The van der Waals surface area contributed by atoms with Gasteiger partial charge in [0.1, 0.15) is 5.75 Å². The molecule has 1 aliphatic heterocycles. The van der Waals surface area contributed by atoms with E-state index in [9.17, 15) is 9.59 Å². The number of benzene rings is 1. The molecule has 1 aromatic rings. The molecule has 3 rings (SSSR count). The number of rotatable bonds is 6. The van der Waals surface area contributed by atoms with Crippen LogP contribution in [-0.4, -0.2) is 43.5 Å². The predicted octanol–water partition coefficient (Wildman–Crippen LogP) is 2.95. The molecule has 1 aliphatic carbocycles. The first-order valence-electron chi connectivity index (χ1n) is 9.84. The summed E-state index contributed by atoms with van der Waals surface area (Å²) in [6.07, 6.45) is 5.18. The monoisotopic (exact) mass is 358 g/mol. The minimum Gasteiger partial charge on any atom is -0.497 e. The highest BCUT2D eigenvalue weighted by Gasteiger charge is 2.42. The molecule has 1 heterocycles. The zero-order valence-corrected chi connectivity index (χ0v) is 15.9. The number of likely N-dealkylation sites (tertiary alicyclic amines) is 1. The number of carbonyl (C=O) groups excluding carboxylic acids is 2. The number of nitrogens with zero attached hydrogens (tertiary/aromatic N) is 1. The summed E-state index contributed by atoms with van der Waals surface area (Å²) in [6.45, 7) is 3.86. The molecule has 26 heavy (non-hydrogen) atoms. The Bertz CT molecular complexity index is 640. The van der Waals surface area contributed by atoms with Crippen LogP contribution >= 0.6 is 0 Å². The summed E-state index contributed by atoms with van der Waals surface area (Å²) >= 11 is 0. The molecule has 5 heteroatoms. The third-order valence-corrected chi connectivity index (χ3v) is 5.74. The van der Waals surface area contributed by atoms with Gasteiger partial charge in [-0.3, -0.25) is 9.59 Å². The SMILES string of the molecule is CCCNC(=O)[C@H]1CN(C(=O)C2CCCC2)C[C@@H]1c1cccc(OC)c1. The van der Waals surface area contributed by atoms with E-state index in [-0.39, 0.29) is 29.6 Å². The molecular weight excluding hydrogens is 328 g/mol. The normalized spacial score (nSPS) is 23.2. The van der Waals surface area contributed by atoms with E-state index in [4.69, 9.17) is 4.74 Å². The number of hydrogen-bond donors (Lipinski definition) is 1. The van der Waals surface area contributed by atoms with Gasteiger partial charge in [-0.05, 0) is 37.0 Å². The summed E-state index contributed by atoms with van der Waals surface area (Å²) in [6, 6.07) is 7.90. The predicted molar refractivity (Wildman–Crippen MR) is 101 cm³/mol. The molecule has 1 saturated heterocycles. The van der Waals surface area contributed by atoms with Crippen LogP contribution in [0.2, 0.25) is 0 Å². The van der Waals surface area contributed by atoms with Crippen LogP contribution in [0.15, 0.2) is 24.3 Å². The van der Waals surface area contributed by atoms with E-state index < -0.39 is 0 Å². The summed E-state index contributed by atoms with van der Waals surface area (Å²) < 4.78 is 5.35. The summed E-state index contributed by atoms with van der Waals surface area (Å²) in [5, 5.41) is 3.02. The number of ether oxygens (including phenoxy) is 1. The lowest BCUT2D eigenvalue weighted by molar-refractivity contribution is -0.134. The first kappa shape index (κ1) is 18.7. The van der Waals surface area contributed by atoms with Crippen LogP contribution in [-0.2, 0) is 9.59 Å². The number of nitrogens with one attached hydrogen (secondary N) is 1. The van der Waals surface area contributed by atoms with Crippen molar-refractivity contribution in [2.75, 3.05) is 26.7 Å². The second-order valence-electron chi connectivity index (χ2n) is 7.51. The maximum absolute atomic E-state index is 12.9. The van der Waals surface area contributed by atoms with E-state index >= 15 is 0 Å². The van der Waals surface area contributed by atoms with E-state index in [0.717, 1.165) is 43.4 Å². The maximum Gasteiger partial charge on any atom is 0.225 e. The zero-order chi connectivity index (χ0) is 18.5. The number of hydrogen-bond acceptors (Lipinski definition) is 3. The molecule has 142 valence electrons. The van der Waals surface area contributed by atoms with Crippen molar-refractivity contribution in [2.24, 2.45) is 11.8 Å². The number of carbonyl (C=O) groups is 2. The first-order chi connectivity index (χ1) is 12.6. The van der Waals surface area contributed by atoms with Crippen LogP contribution in [0, 0.1) is 11.8 Å². The van der Waals surface area contributed by atoms with Gasteiger partial charge in [-0.1, -0.05) is 31.9 Å². The van der Waals surface area contributed by atoms with Crippen molar-refractivity contribution >= 4 is 11.8 Å². The van der Waals surface area contributed by atoms with Crippen molar-refractivity contribution in [1.29, 1.82) is 0 Å². The van der Waals surface area contributed by atoms with E-state index in [0.29, 0.717) is 19.6 Å². The average Bonchev–Trinajstić information content (AvgIpc) is 3.35. The molecule has 1 N–H and O–H groups in total. The molecule has 1 aromatic carbocycles. The van der Waals surface area contributed by atoms with Crippen molar-refractivity contribution in [1.82, 2.24) is 10.2 Å². The molecule has 2 atom stereocenters. The van der Waals surface area contributed by atoms with Gasteiger partial charge < -0.3 is 15.0 Å². The molecule has 2 fully saturated rings. The van der Waals surface area contributed by atoms with E-state index in [1.54, 1.807) is 7.11 Å². The fourth-order valence-corrected chi connectivity index (χ4v) is 4.27. The highest BCUT2D eigenvalue weighted by Crippen LogP contribution is 2.36. The van der Waals surface area contributed by atoms with Gasteiger partial charge in [0.2, 0.25) is 11.8 Å². The smallest absolute Gasteiger partial charge is 0.225 e. The van der Waals surface area contributed by atoms with Crippen LogP contribution in [0.25, 0.3) is 0 Å². The Labute approximate surface area is 156 Å². The zero-order valence-electron chi connectivity index (χ0n) is 15.9. The number of amides is 2. The van der Waals surface area contributed by atoms with Crippen molar-refractivity contribution in [3.05, 3.63) is 29.8 Å². The molecule has 0 spiro atoms. The van der Waals surface area contributed by atoms with Crippen molar-refractivity contribution in [3.8, 4) is 5.75 Å². The summed E-state index contributed by atoms with van der Waals surface area (Å²) in [5.41, 5.74) is 1.07.